The number of nitrogens with one attached hydrogen (secondary N) is 2. The van der Waals surface area contributed by atoms with Crippen molar-refractivity contribution in [3.63, 3.8) is 0 Å². The molecule has 6 heteroatoms. The summed E-state index contributed by atoms with van der Waals surface area (Å²) >= 11 is 0. The molecule has 0 spiro atoms. The fourth-order valence-electron chi connectivity index (χ4n) is 1.95. The van der Waals surface area contributed by atoms with Crippen LogP contribution in [0.4, 0.5) is 9.59 Å². The van der Waals surface area contributed by atoms with Crippen molar-refractivity contribution in [2.45, 2.75) is 13.0 Å². The highest BCUT2D eigenvalue weighted by atomic mass is 16.2. The number of hydrogen-bond acceptors (Lipinski definition) is 3. The third kappa shape index (κ3) is 3.09. The molecule has 6 nitrogen and oxygen atoms in total. The van der Waals surface area contributed by atoms with Gasteiger partial charge in [0.15, 0.2) is 0 Å². The Morgan fingerprint density at radius 3 is 2.74 bits per heavy atom. The standard InChI is InChI=1S/C13H15N3O3/c17-8-5-10-3-1-2-4-11(10)9-15-13(19)16-7-6-14-12(16)18/h1-4,8H,5-7,9H2,(H,14,18)(H,15,19). The van der Waals surface area contributed by atoms with Crippen LogP contribution in [0.25, 0.3) is 0 Å². The summed E-state index contributed by atoms with van der Waals surface area (Å²) in [5, 5.41) is 5.24. The van der Waals surface area contributed by atoms with Gasteiger partial charge in [0.25, 0.3) is 0 Å². The van der Waals surface area contributed by atoms with Gasteiger partial charge in [0.2, 0.25) is 0 Å². The van der Waals surface area contributed by atoms with Crippen LogP contribution in [0.3, 0.4) is 0 Å². The number of urea groups is 2. The largest absolute Gasteiger partial charge is 0.336 e. The van der Waals surface area contributed by atoms with E-state index in [1.165, 1.54) is 0 Å². The fraction of sp³-hybridized carbons (Fsp3) is 0.308. The molecule has 2 rings (SSSR count). The van der Waals surface area contributed by atoms with E-state index >= 15 is 0 Å². The van der Waals surface area contributed by atoms with Crippen LogP contribution in [0, 0.1) is 0 Å². The van der Waals surface area contributed by atoms with E-state index in [0.717, 1.165) is 22.3 Å². The van der Waals surface area contributed by atoms with Crippen molar-refractivity contribution >= 4 is 18.3 Å². The molecular formula is C13H15N3O3. The Labute approximate surface area is 110 Å². The molecule has 0 aliphatic carbocycles. The molecule has 1 aliphatic rings. The van der Waals surface area contributed by atoms with Gasteiger partial charge in [-0.3, -0.25) is 0 Å². The van der Waals surface area contributed by atoms with Crippen molar-refractivity contribution in [3.8, 4) is 0 Å². The number of rotatable bonds is 4. The van der Waals surface area contributed by atoms with Gasteiger partial charge in [-0.05, 0) is 11.1 Å². The molecule has 0 unspecified atom stereocenters. The van der Waals surface area contributed by atoms with E-state index in [9.17, 15) is 14.4 Å². The molecule has 0 saturated carbocycles. The van der Waals surface area contributed by atoms with Crippen LogP contribution >= 0.6 is 0 Å². The number of carbonyl (C=O) groups is 3. The molecule has 0 radical (unpaired) electrons. The topological polar surface area (TPSA) is 78.5 Å². The van der Waals surface area contributed by atoms with E-state index < -0.39 is 6.03 Å². The second kappa shape index (κ2) is 5.99. The SMILES string of the molecule is O=CCc1ccccc1CNC(=O)N1CCNC1=O. The van der Waals surface area contributed by atoms with E-state index in [2.05, 4.69) is 10.6 Å². The Kier molecular flexibility index (Phi) is 4.12. The molecule has 1 fully saturated rings. The first-order chi connectivity index (χ1) is 9.22. The summed E-state index contributed by atoms with van der Waals surface area (Å²) in [6.45, 7) is 1.15. The summed E-state index contributed by atoms with van der Waals surface area (Å²) in [5.74, 6) is 0. The van der Waals surface area contributed by atoms with Crippen molar-refractivity contribution in [1.82, 2.24) is 15.5 Å². The summed E-state index contributed by atoms with van der Waals surface area (Å²) in [6.07, 6.45) is 1.14. The molecule has 1 aromatic carbocycles. The third-order valence-corrected chi connectivity index (χ3v) is 2.95. The van der Waals surface area contributed by atoms with E-state index in [4.69, 9.17) is 0 Å². The van der Waals surface area contributed by atoms with Crippen molar-refractivity contribution in [2.75, 3.05) is 13.1 Å². The van der Waals surface area contributed by atoms with Crippen LogP contribution in [-0.4, -0.2) is 36.3 Å². The Morgan fingerprint density at radius 2 is 2.11 bits per heavy atom. The summed E-state index contributed by atoms with van der Waals surface area (Å²) in [7, 11) is 0. The molecule has 19 heavy (non-hydrogen) atoms. The van der Waals surface area contributed by atoms with Gasteiger partial charge < -0.3 is 15.4 Å². The maximum atomic E-state index is 11.8. The molecule has 4 amide bonds. The van der Waals surface area contributed by atoms with Gasteiger partial charge in [-0.25, -0.2) is 14.5 Å². The number of nitrogens with zero attached hydrogens (tertiary/aromatic N) is 1. The zero-order valence-electron chi connectivity index (χ0n) is 10.4. The number of benzene rings is 1. The lowest BCUT2D eigenvalue weighted by Gasteiger charge is -2.14. The molecular weight excluding hydrogens is 246 g/mol. The average molecular weight is 261 g/mol. The second-order valence-corrected chi connectivity index (χ2v) is 4.18. The number of carbonyl (C=O) groups excluding carboxylic acids is 3. The summed E-state index contributed by atoms with van der Waals surface area (Å²) in [6, 6.07) is 6.59. The van der Waals surface area contributed by atoms with Gasteiger partial charge in [0.05, 0.1) is 0 Å². The summed E-state index contributed by atoms with van der Waals surface area (Å²) in [5.41, 5.74) is 1.76. The lowest BCUT2D eigenvalue weighted by Crippen LogP contribution is -2.41. The Morgan fingerprint density at radius 1 is 1.37 bits per heavy atom. The van der Waals surface area contributed by atoms with Crippen molar-refractivity contribution < 1.29 is 14.4 Å². The monoisotopic (exact) mass is 261 g/mol. The highest BCUT2D eigenvalue weighted by Crippen LogP contribution is 2.09. The lowest BCUT2D eigenvalue weighted by atomic mass is 10.1. The van der Waals surface area contributed by atoms with Crippen LogP contribution in [0.15, 0.2) is 24.3 Å². The first-order valence-electron chi connectivity index (χ1n) is 6.06. The van der Waals surface area contributed by atoms with Crippen molar-refractivity contribution in [2.24, 2.45) is 0 Å². The second-order valence-electron chi connectivity index (χ2n) is 4.18. The predicted molar refractivity (Wildman–Crippen MR) is 68.6 cm³/mol. The zero-order chi connectivity index (χ0) is 13.7. The van der Waals surface area contributed by atoms with Gasteiger partial charge in [0, 0.05) is 26.1 Å². The minimum absolute atomic E-state index is 0.298. The Balaban J connectivity index is 1.96. The molecule has 1 aliphatic heterocycles. The van der Waals surface area contributed by atoms with Gasteiger partial charge in [-0.2, -0.15) is 0 Å². The van der Waals surface area contributed by atoms with Crippen LogP contribution < -0.4 is 10.6 Å². The maximum absolute atomic E-state index is 11.8. The first kappa shape index (κ1) is 13.1. The third-order valence-electron chi connectivity index (χ3n) is 2.95. The highest BCUT2D eigenvalue weighted by Gasteiger charge is 2.25. The van der Waals surface area contributed by atoms with Gasteiger partial charge in [0.1, 0.15) is 6.29 Å². The first-order valence-corrected chi connectivity index (χ1v) is 6.06. The fourth-order valence-corrected chi connectivity index (χ4v) is 1.95. The molecule has 1 heterocycles. The molecule has 1 saturated heterocycles. The van der Waals surface area contributed by atoms with Crippen molar-refractivity contribution in [3.05, 3.63) is 35.4 Å². The van der Waals surface area contributed by atoms with Crippen LogP contribution in [0.2, 0.25) is 0 Å². The molecule has 1 aromatic rings. The molecule has 0 aromatic heterocycles. The normalized spacial score (nSPS) is 14.1. The smallest absolute Gasteiger partial charge is 0.325 e. The van der Waals surface area contributed by atoms with Crippen molar-refractivity contribution in [1.29, 1.82) is 0 Å². The van der Waals surface area contributed by atoms with E-state index in [-0.39, 0.29) is 6.03 Å². The van der Waals surface area contributed by atoms with E-state index in [1.807, 2.05) is 24.3 Å². The number of imide groups is 1. The predicted octanol–water partition coefficient (Wildman–Crippen LogP) is 0.663. The van der Waals surface area contributed by atoms with E-state index in [1.54, 1.807) is 0 Å². The minimum Gasteiger partial charge on any atom is -0.336 e. The number of amides is 4. The summed E-state index contributed by atoms with van der Waals surface area (Å²) < 4.78 is 0. The maximum Gasteiger partial charge on any atom is 0.325 e. The lowest BCUT2D eigenvalue weighted by molar-refractivity contribution is -0.107. The molecule has 100 valence electrons. The Bertz CT molecular complexity index is 502. The van der Waals surface area contributed by atoms with E-state index in [0.29, 0.717) is 26.1 Å². The quantitative estimate of drug-likeness (QED) is 0.782. The highest BCUT2D eigenvalue weighted by molar-refractivity contribution is 5.94. The summed E-state index contributed by atoms with van der Waals surface area (Å²) in [4.78, 5) is 34.8. The molecule has 0 bridgehead atoms. The van der Waals surface area contributed by atoms with Gasteiger partial charge in [-0.15, -0.1) is 0 Å². The average Bonchev–Trinajstić information content (AvgIpc) is 2.84. The van der Waals surface area contributed by atoms with Crippen LogP contribution in [-0.2, 0) is 17.8 Å². The molecule has 0 atom stereocenters. The Hall–Kier alpha value is -2.37. The molecule has 2 N–H and O–H groups in total. The minimum atomic E-state index is -0.420. The zero-order valence-corrected chi connectivity index (χ0v) is 10.4. The number of hydrogen-bond donors (Lipinski definition) is 2. The van der Waals surface area contributed by atoms with Crippen LogP contribution in [0.5, 0.6) is 0 Å². The number of aldehydes is 1. The van der Waals surface area contributed by atoms with Crippen LogP contribution in [0.1, 0.15) is 11.1 Å². The van der Waals surface area contributed by atoms with Gasteiger partial charge >= 0.3 is 12.1 Å². The van der Waals surface area contributed by atoms with Gasteiger partial charge in [-0.1, -0.05) is 24.3 Å².